The lowest BCUT2D eigenvalue weighted by atomic mass is 9.76. The fraction of sp³-hybridized carbons (Fsp3) is 0.625. The molecule has 0 heterocycles. The van der Waals surface area contributed by atoms with Gasteiger partial charge in [-0.15, -0.1) is 0 Å². The fourth-order valence-electron chi connectivity index (χ4n) is 3.26. The van der Waals surface area contributed by atoms with Crippen molar-refractivity contribution in [2.45, 2.75) is 57.0 Å². The smallest absolute Gasteiger partial charge is 0.0210 e. The predicted molar refractivity (Wildman–Crippen MR) is 79.8 cm³/mol. The van der Waals surface area contributed by atoms with Crippen LogP contribution in [0.4, 0.5) is 0 Å². The molecule has 2 fully saturated rings. The zero-order valence-corrected chi connectivity index (χ0v) is 12.6. The van der Waals surface area contributed by atoms with Crippen LogP contribution >= 0.6 is 15.9 Å². The van der Waals surface area contributed by atoms with Gasteiger partial charge in [0.15, 0.2) is 0 Å². The molecule has 18 heavy (non-hydrogen) atoms. The average molecular weight is 308 g/mol. The third-order valence-electron chi connectivity index (χ3n) is 4.51. The van der Waals surface area contributed by atoms with Crippen LogP contribution < -0.4 is 5.32 Å². The van der Waals surface area contributed by atoms with Crippen molar-refractivity contribution < 1.29 is 0 Å². The van der Waals surface area contributed by atoms with Crippen LogP contribution in [0.25, 0.3) is 0 Å². The third kappa shape index (κ3) is 2.65. The molecule has 0 radical (unpaired) electrons. The van der Waals surface area contributed by atoms with Crippen LogP contribution in [0.15, 0.2) is 28.7 Å². The van der Waals surface area contributed by atoms with Crippen LogP contribution in [0.2, 0.25) is 0 Å². The van der Waals surface area contributed by atoms with Crippen LogP contribution in [0, 0.1) is 5.92 Å². The first kappa shape index (κ1) is 12.7. The topological polar surface area (TPSA) is 12.0 Å². The summed E-state index contributed by atoms with van der Waals surface area (Å²) in [6.45, 7) is 2.29. The van der Waals surface area contributed by atoms with Crippen LogP contribution in [-0.2, 0) is 0 Å². The van der Waals surface area contributed by atoms with Gasteiger partial charge in [0.25, 0.3) is 0 Å². The second-order valence-electron chi connectivity index (χ2n) is 5.94. The summed E-state index contributed by atoms with van der Waals surface area (Å²) in [6.07, 6.45) is 6.81. The minimum absolute atomic E-state index is 0.765. The highest BCUT2D eigenvalue weighted by atomic mass is 79.9. The third-order valence-corrected chi connectivity index (χ3v) is 5.24. The molecule has 0 aliphatic heterocycles. The highest BCUT2D eigenvalue weighted by molar-refractivity contribution is 9.10. The van der Waals surface area contributed by atoms with E-state index in [1.165, 1.54) is 42.1 Å². The molecule has 3 rings (SSSR count). The van der Waals surface area contributed by atoms with Crippen LogP contribution in [-0.4, -0.2) is 12.1 Å². The highest BCUT2D eigenvalue weighted by Crippen LogP contribution is 2.43. The lowest BCUT2D eigenvalue weighted by Crippen LogP contribution is -2.41. The van der Waals surface area contributed by atoms with Crippen LogP contribution in [0.1, 0.15) is 50.5 Å². The van der Waals surface area contributed by atoms with E-state index < -0.39 is 0 Å². The molecule has 1 nitrogen and oxygen atoms in total. The molecule has 1 aromatic rings. The van der Waals surface area contributed by atoms with E-state index in [2.05, 4.69) is 52.4 Å². The summed E-state index contributed by atoms with van der Waals surface area (Å²) >= 11 is 3.66. The summed E-state index contributed by atoms with van der Waals surface area (Å²) in [4.78, 5) is 0. The van der Waals surface area contributed by atoms with Gasteiger partial charge in [-0.3, -0.25) is 0 Å². The molecule has 98 valence electrons. The van der Waals surface area contributed by atoms with E-state index in [0.717, 1.165) is 23.9 Å². The molecule has 2 aliphatic carbocycles. The lowest BCUT2D eigenvalue weighted by molar-refractivity contribution is 0.283. The number of benzene rings is 1. The van der Waals surface area contributed by atoms with Crippen molar-refractivity contribution in [2.24, 2.45) is 5.92 Å². The number of nitrogens with one attached hydrogen (secondary N) is 1. The van der Waals surface area contributed by atoms with Gasteiger partial charge in [0, 0.05) is 16.6 Å². The van der Waals surface area contributed by atoms with E-state index in [1.54, 1.807) is 0 Å². The number of rotatable bonds is 5. The van der Waals surface area contributed by atoms with Crippen molar-refractivity contribution in [3.63, 3.8) is 0 Å². The minimum Gasteiger partial charge on any atom is -0.311 e. The molecule has 2 atom stereocenters. The highest BCUT2D eigenvalue weighted by Gasteiger charge is 2.40. The maximum atomic E-state index is 3.83. The van der Waals surface area contributed by atoms with E-state index in [-0.39, 0.29) is 0 Å². The largest absolute Gasteiger partial charge is 0.311 e. The summed E-state index contributed by atoms with van der Waals surface area (Å²) in [6, 6.07) is 10.3. The maximum absolute atomic E-state index is 3.83. The van der Waals surface area contributed by atoms with Gasteiger partial charge in [-0.2, -0.15) is 0 Å². The Morgan fingerprint density at radius 3 is 2.72 bits per heavy atom. The molecule has 1 aromatic carbocycles. The molecule has 1 N–H and O–H groups in total. The van der Waals surface area contributed by atoms with Crippen molar-refractivity contribution in [1.82, 2.24) is 5.32 Å². The first-order valence-corrected chi connectivity index (χ1v) is 8.07. The Kier molecular flexibility index (Phi) is 3.76. The summed E-state index contributed by atoms with van der Waals surface area (Å²) in [5.41, 5.74) is 1.50. The average Bonchev–Trinajstić information content (AvgIpc) is 3.03. The molecule has 2 saturated carbocycles. The Balaban J connectivity index is 1.45. The van der Waals surface area contributed by atoms with E-state index in [9.17, 15) is 0 Å². The maximum Gasteiger partial charge on any atom is 0.0210 e. The molecule has 2 heteroatoms. The molecule has 2 aliphatic rings. The van der Waals surface area contributed by atoms with Crippen LogP contribution in [0.5, 0.6) is 0 Å². The molecule has 0 bridgehead atoms. The summed E-state index contributed by atoms with van der Waals surface area (Å²) < 4.78 is 1.28. The molecular formula is C16H22BrN. The van der Waals surface area contributed by atoms with E-state index in [1.807, 2.05) is 0 Å². The van der Waals surface area contributed by atoms with Crippen molar-refractivity contribution in [3.05, 3.63) is 34.3 Å². The minimum atomic E-state index is 0.765. The molecule has 0 spiro atoms. The SMILES string of the molecule is CCCC1CC1NC1CC(c2ccccc2Br)C1. The molecule has 0 amide bonds. The van der Waals surface area contributed by atoms with Gasteiger partial charge in [0.2, 0.25) is 0 Å². The van der Waals surface area contributed by atoms with Gasteiger partial charge < -0.3 is 5.32 Å². The Morgan fingerprint density at radius 1 is 1.22 bits per heavy atom. The summed E-state index contributed by atoms with van der Waals surface area (Å²) in [5.74, 6) is 1.75. The zero-order chi connectivity index (χ0) is 12.5. The molecule has 0 aromatic heterocycles. The van der Waals surface area contributed by atoms with Crippen molar-refractivity contribution in [3.8, 4) is 0 Å². The normalized spacial score (nSPS) is 34.1. The van der Waals surface area contributed by atoms with Gasteiger partial charge in [-0.25, -0.2) is 0 Å². The van der Waals surface area contributed by atoms with Crippen molar-refractivity contribution in [1.29, 1.82) is 0 Å². The van der Waals surface area contributed by atoms with E-state index in [4.69, 9.17) is 0 Å². The van der Waals surface area contributed by atoms with Gasteiger partial charge in [-0.05, 0) is 49.1 Å². The van der Waals surface area contributed by atoms with Gasteiger partial charge in [-0.1, -0.05) is 47.5 Å². The predicted octanol–water partition coefficient (Wildman–Crippen LogP) is 4.47. The second-order valence-corrected chi connectivity index (χ2v) is 6.80. The van der Waals surface area contributed by atoms with E-state index in [0.29, 0.717) is 0 Å². The number of halogens is 1. The second kappa shape index (κ2) is 5.34. The molecule has 0 saturated heterocycles. The Bertz CT molecular complexity index is 411. The molecular weight excluding hydrogens is 286 g/mol. The quantitative estimate of drug-likeness (QED) is 0.846. The summed E-state index contributed by atoms with van der Waals surface area (Å²) in [7, 11) is 0. The van der Waals surface area contributed by atoms with Gasteiger partial charge >= 0.3 is 0 Å². The monoisotopic (exact) mass is 307 g/mol. The van der Waals surface area contributed by atoms with Crippen molar-refractivity contribution >= 4 is 15.9 Å². The van der Waals surface area contributed by atoms with E-state index >= 15 is 0 Å². The Hall–Kier alpha value is -0.340. The first-order valence-electron chi connectivity index (χ1n) is 7.28. The Morgan fingerprint density at radius 2 is 2.00 bits per heavy atom. The first-order chi connectivity index (χ1) is 8.78. The van der Waals surface area contributed by atoms with Gasteiger partial charge in [0.05, 0.1) is 0 Å². The van der Waals surface area contributed by atoms with Crippen LogP contribution in [0.3, 0.4) is 0 Å². The number of hydrogen-bond acceptors (Lipinski definition) is 1. The lowest BCUT2D eigenvalue weighted by Gasteiger charge is -2.37. The fourth-order valence-corrected chi connectivity index (χ4v) is 3.87. The Labute approximate surface area is 118 Å². The zero-order valence-electron chi connectivity index (χ0n) is 11.0. The standard InChI is InChI=1S/C16H22BrN/c1-2-5-11-10-16(11)18-13-8-12(9-13)14-6-3-4-7-15(14)17/h3-4,6-7,11-13,16,18H,2,5,8-10H2,1H3. The summed E-state index contributed by atoms with van der Waals surface area (Å²) in [5, 5.41) is 3.83. The number of hydrogen-bond donors (Lipinski definition) is 1. The van der Waals surface area contributed by atoms with Gasteiger partial charge in [0.1, 0.15) is 0 Å². The molecule has 2 unspecified atom stereocenters. The van der Waals surface area contributed by atoms with Crippen molar-refractivity contribution in [2.75, 3.05) is 0 Å².